The fourth-order valence-corrected chi connectivity index (χ4v) is 3.16. The normalized spacial score (nSPS) is 15.6. The number of Topliss-reactive ketones (excluding diaryl/α,β-unsaturated/α-hetero) is 1. The van der Waals surface area contributed by atoms with Crippen molar-refractivity contribution in [1.29, 1.82) is 0 Å². The van der Waals surface area contributed by atoms with Crippen molar-refractivity contribution < 1.29 is 32.7 Å². The molecule has 0 fully saturated rings. The van der Waals surface area contributed by atoms with Crippen LogP contribution in [0.5, 0.6) is 0 Å². The van der Waals surface area contributed by atoms with Gasteiger partial charge in [-0.05, 0) is 24.6 Å². The second-order valence-electron chi connectivity index (χ2n) is 5.92. The van der Waals surface area contributed by atoms with Gasteiger partial charge in [-0.3, -0.25) is 9.59 Å². The number of carbonyl (C=O) groups is 3. The highest BCUT2D eigenvalue weighted by Crippen LogP contribution is 2.31. The smallest absolute Gasteiger partial charge is 0.377 e. The number of carboxylic acids is 1. The minimum Gasteiger partial charge on any atom is -0.475 e. The summed E-state index contributed by atoms with van der Waals surface area (Å²) in [5, 5.41) is 11.3. The summed E-state index contributed by atoms with van der Waals surface area (Å²) in [5.41, 5.74) is -0.107. The lowest BCUT2D eigenvalue weighted by Gasteiger charge is -2.10. The van der Waals surface area contributed by atoms with Gasteiger partial charge >= 0.3 is 5.97 Å². The predicted octanol–water partition coefficient (Wildman–Crippen LogP) is 2.49. The van der Waals surface area contributed by atoms with E-state index in [-0.39, 0.29) is 41.2 Å². The van der Waals surface area contributed by atoms with Crippen molar-refractivity contribution >= 4 is 23.3 Å². The number of nitrogens with zero attached hydrogens (tertiary/aromatic N) is 1. The first-order chi connectivity index (χ1) is 12.2. The summed E-state index contributed by atoms with van der Waals surface area (Å²) in [6, 6.07) is 2.75. The highest BCUT2D eigenvalue weighted by molar-refractivity contribution is 6.41. The number of hydrogen-bond acceptors (Lipinski definition) is 3. The highest BCUT2D eigenvalue weighted by Gasteiger charge is 2.36. The number of nitrogens with one attached hydrogen (secondary N) is 1. The Labute approximate surface area is 145 Å². The zero-order valence-electron chi connectivity index (χ0n) is 13.5. The van der Waals surface area contributed by atoms with Crippen LogP contribution in [-0.2, 0) is 17.8 Å². The maximum atomic E-state index is 13.8. The molecule has 1 amide bonds. The van der Waals surface area contributed by atoms with Crippen molar-refractivity contribution in [2.24, 2.45) is 0 Å². The molecule has 2 aromatic rings. The standard InChI is InChI=1S/C17H13F3N2O4/c1-7-13(15(23)17(25)26)12-4-8(18)6-22(12)14(7)16(24)21-9-2-3-10(19)11(20)5-9/h2-3,5,8H,4,6H2,1H3,(H,21,24)(H,25,26)/t8-/m1/s1. The number of alkyl halides is 1. The van der Waals surface area contributed by atoms with Gasteiger partial charge in [0.2, 0.25) is 0 Å². The van der Waals surface area contributed by atoms with Gasteiger partial charge in [-0.2, -0.15) is 0 Å². The number of hydrogen-bond donors (Lipinski definition) is 2. The van der Waals surface area contributed by atoms with Gasteiger partial charge in [0.25, 0.3) is 11.7 Å². The molecule has 0 saturated heterocycles. The Balaban J connectivity index is 2.03. The molecule has 1 aliphatic heterocycles. The molecule has 1 aromatic carbocycles. The number of fused-ring (bicyclic) bond motifs is 1. The van der Waals surface area contributed by atoms with E-state index in [0.717, 1.165) is 18.2 Å². The van der Waals surface area contributed by atoms with E-state index in [2.05, 4.69) is 5.32 Å². The molecule has 0 bridgehead atoms. The fraction of sp³-hybridized carbons (Fsp3) is 0.235. The van der Waals surface area contributed by atoms with Gasteiger partial charge in [0, 0.05) is 23.9 Å². The Morgan fingerprint density at radius 1 is 1.23 bits per heavy atom. The fourth-order valence-electron chi connectivity index (χ4n) is 3.16. The van der Waals surface area contributed by atoms with Gasteiger partial charge in [0.05, 0.1) is 12.1 Å². The lowest BCUT2D eigenvalue weighted by Crippen LogP contribution is -2.19. The van der Waals surface area contributed by atoms with Gasteiger partial charge in [-0.25, -0.2) is 18.0 Å². The van der Waals surface area contributed by atoms with Crippen LogP contribution in [0, 0.1) is 18.6 Å². The molecule has 26 heavy (non-hydrogen) atoms. The molecule has 136 valence electrons. The maximum absolute atomic E-state index is 13.8. The zero-order chi connectivity index (χ0) is 19.2. The van der Waals surface area contributed by atoms with Crippen LogP contribution in [0.15, 0.2) is 18.2 Å². The average molecular weight is 366 g/mol. The van der Waals surface area contributed by atoms with Gasteiger partial charge in [-0.1, -0.05) is 0 Å². The summed E-state index contributed by atoms with van der Waals surface area (Å²) < 4.78 is 41.3. The number of amides is 1. The molecule has 0 radical (unpaired) electrons. The zero-order valence-corrected chi connectivity index (χ0v) is 13.5. The molecule has 1 atom stereocenters. The minimum absolute atomic E-state index is 0.0373. The summed E-state index contributed by atoms with van der Waals surface area (Å²) >= 11 is 0. The van der Waals surface area contributed by atoms with E-state index in [0.29, 0.717) is 0 Å². The number of carboxylic acid groups (broad SMARTS) is 1. The second-order valence-corrected chi connectivity index (χ2v) is 5.92. The maximum Gasteiger partial charge on any atom is 0.377 e. The van der Waals surface area contributed by atoms with Crippen LogP contribution in [0.2, 0.25) is 0 Å². The molecule has 6 nitrogen and oxygen atoms in total. The molecule has 0 spiro atoms. The highest BCUT2D eigenvalue weighted by atomic mass is 19.2. The molecular weight excluding hydrogens is 353 g/mol. The summed E-state index contributed by atoms with van der Waals surface area (Å²) in [7, 11) is 0. The number of aliphatic carboxylic acids is 1. The minimum atomic E-state index is -1.71. The molecule has 0 saturated carbocycles. The van der Waals surface area contributed by atoms with Crippen LogP contribution < -0.4 is 5.32 Å². The van der Waals surface area contributed by atoms with Crippen LogP contribution in [0.3, 0.4) is 0 Å². The Kier molecular flexibility index (Phi) is 4.31. The summed E-state index contributed by atoms with van der Waals surface area (Å²) in [4.78, 5) is 35.6. The van der Waals surface area contributed by atoms with Crippen molar-refractivity contribution in [3.8, 4) is 0 Å². The Hall–Kier alpha value is -3.10. The van der Waals surface area contributed by atoms with Gasteiger partial charge < -0.3 is 15.0 Å². The SMILES string of the molecule is Cc1c(C(=O)C(=O)O)c2n(c1C(=O)Nc1ccc(F)c(F)c1)C[C@H](F)C2. The summed E-state index contributed by atoms with van der Waals surface area (Å²) in [5.74, 6) is -5.97. The van der Waals surface area contributed by atoms with Crippen molar-refractivity contribution in [1.82, 2.24) is 4.57 Å². The monoisotopic (exact) mass is 366 g/mol. The van der Waals surface area contributed by atoms with E-state index in [9.17, 15) is 27.6 Å². The molecule has 1 aromatic heterocycles. The van der Waals surface area contributed by atoms with Crippen molar-refractivity contribution in [2.45, 2.75) is 26.1 Å². The molecule has 2 heterocycles. The van der Waals surface area contributed by atoms with Crippen molar-refractivity contribution in [3.63, 3.8) is 0 Å². The molecule has 0 aliphatic carbocycles. The first-order valence-electron chi connectivity index (χ1n) is 7.60. The predicted molar refractivity (Wildman–Crippen MR) is 84.0 cm³/mol. The molecule has 1 aliphatic rings. The van der Waals surface area contributed by atoms with Gasteiger partial charge in [0.15, 0.2) is 11.6 Å². The number of rotatable bonds is 4. The van der Waals surface area contributed by atoms with E-state index in [4.69, 9.17) is 5.11 Å². The topological polar surface area (TPSA) is 88.4 Å². The number of benzene rings is 1. The van der Waals surface area contributed by atoms with E-state index in [1.807, 2.05) is 0 Å². The lowest BCUT2D eigenvalue weighted by molar-refractivity contribution is -0.131. The quantitative estimate of drug-likeness (QED) is 0.643. The molecule has 2 N–H and O–H groups in total. The van der Waals surface area contributed by atoms with E-state index in [1.54, 1.807) is 0 Å². The molecule has 3 rings (SSSR count). The Morgan fingerprint density at radius 2 is 1.92 bits per heavy atom. The number of anilines is 1. The number of ketones is 1. The van der Waals surface area contributed by atoms with Crippen LogP contribution in [-0.4, -0.2) is 33.5 Å². The van der Waals surface area contributed by atoms with E-state index in [1.165, 1.54) is 11.5 Å². The number of aromatic nitrogens is 1. The van der Waals surface area contributed by atoms with Gasteiger partial charge in [0.1, 0.15) is 11.9 Å². The number of carbonyl (C=O) groups excluding carboxylic acids is 2. The Morgan fingerprint density at radius 3 is 2.54 bits per heavy atom. The molecule has 0 unspecified atom stereocenters. The summed E-state index contributed by atoms with van der Waals surface area (Å²) in [6.07, 6.45) is -1.55. The summed E-state index contributed by atoms with van der Waals surface area (Å²) in [6.45, 7) is 1.18. The average Bonchev–Trinajstić information content (AvgIpc) is 3.03. The number of halogens is 3. The van der Waals surface area contributed by atoms with Crippen LogP contribution in [0.25, 0.3) is 0 Å². The lowest BCUT2D eigenvalue weighted by atomic mass is 10.0. The van der Waals surface area contributed by atoms with E-state index < -0.39 is 35.5 Å². The largest absolute Gasteiger partial charge is 0.475 e. The third kappa shape index (κ3) is 2.85. The van der Waals surface area contributed by atoms with Gasteiger partial charge in [-0.15, -0.1) is 0 Å². The molecule has 9 heteroatoms. The Bertz CT molecular complexity index is 952. The third-order valence-electron chi connectivity index (χ3n) is 4.22. The van der Waals surface area contributed by atoms with Crippen LogP contribution in [0.4, 0.5) is 18.9 Å². The van der Waals surface area contributed by atoms with Crippen LogP contribution in [0.1, 0.15) is 32.1 Å². The third-order valence-corrected chi connectivity index (χ3v) is 4.22. The van der Waals surface area contributed by atoms with Crippen molar-refractivity contribution in [3.05, 3.63) is 52.3 Å². The second kappa shape index (κ2) is 6.32. The van der Waals surface area contributed by atoms with E-state index >= 15 is 0 Å². The first kappa shape index (κ1) is 17.7. The van der Waals surface area contributed by atoms with Crippen molar-refractivity contribution in [2.75, 3.05) is 5.32 Å². The first-order valence-corrected chi connectivity index (χ1v) is 7.60. The molecular formula is C17H13F3N2O4. The van der Waals surface area contributed by atoms with Crippen LogP contribution >= 0.6 is 0 Å².